The lowest BCUT2D eigenvalue weighted by Crippen LogP contribution is -2.29. The summed E-state index contributed by atoms with van der Waals surface area (Å²) in [5.74, 6) is 0.0132. The number of halogens is 2. The summed E-state index contributed by atoms with van der Waals surface area (Å²) in [6, 6.07) is 9.82. The van der Waals surface area contributed by atoms with Crippen LogP contribution in [0.5, 0.6) is 0 Å². The predicted molar refractivity (Wildman–Crippen MR) is 93.5 cm³/mol. The minimum absolute atomic E-state index is 0.0545. The number of nitro benzene ring substituents is 1. The van der Waals surface area contributed by atoms with Crippen LogP contribution in [0.3, 0.4) is 0 Å². The number of benzene rings is 2. The lowest BCUT2D eigenvalue weighted by Gasteiger charge is -2.37. The third-order valence-corrected chi connectivity index (χ3v) is 5.28. The van der Waals surface area contributed by atoms with Gasteiger partial charge < -0.3 is 5.32 Å². The molecule has 24 heavy (non-hydrogen) atoms. The summed E-state index contributed by atoms with van der Waals surface area (Å²) < 4.78 is 15.2. The number of nitrogens with one attached hydrogen (secondary N) is 1. The second-order valence-electron chi connectivity index (χ2n) is 6.18. The van der Waals surface area contributed by atoms with Crippen LogP contribution in [0.1, 0.15) is 29.5 Å². The van der Waals surface area contributed by atoms with Gasteiger partial charge in [-0.05, 0) is 35.6 Å². The quantitative estimate of drug-likeness (QED) is 0.430. The van der Waals surface area contributed by atoms with E-state index in [4.69, 9.17) is 0 Å². The molecule has 2 aromatic rings. The molecule has 1 N–H and O–H groups in total. The lowest BCUT2D eigenvalue weighted by atomic mass is 9.77. The van der Waals surface area contributed by atoms with Crippen molar-refractivity contribution < 1.29 is 9.31 Å². The fourth-order valence-corrected chi connectivity index (χ4v) is 4.23. The van der Waals surface area contributed by atoms with Gasteiger partial charge in [0.25, 0.3) is 5.69 Å². The van der Waals surface area contributed by atoms with E-state index in [1.54, 1.807) is 12.1 Å². The average molecular weight is 389 g/mol. The molecule has 2 aromatic carbocycles. The molecule has 0 unspecified atom stereocenters. The van der Waals surface area contributed by atoms with Gasteiger partial charge in [-0.15, -0.1) is 0 Å². The molecular weight excluding hydrogens is 375 g/mol. The monoisotopic (exact) mass is 388 g/mol. The maximum atomic E-state index is 14.5. The average Bonchev–Trinajstić information content (AvgIpc) is 3.04. The Hall–Kier alpha value is -2.21. The topological polar surface area (TPSA) is 55.2 Å². The van der Waals surface area contributed by atoms with Gasteiger partial charge in [-0.2, -0.15) is 0 Å². The van der Waals surface area contributed by atoms with Crippen molar-refractivity contribution >= 4 is 27.3 Å². The molecule has 122 valence electrons. The van der Waals surface area contributed by atoms with E-state index in [-0.39, 0.29) is 29.4 Å². The highest BCUT2D eigenvalue weighted by atomic mass is 79.9. The number of non-ortho nitro benzene ring substituents is 1. The third kappa shape index (κ3) is 2.41. The van der Waals surface area contributed by atoms with Crippen LogP contribution in [-0.4, -0.2) is 4.92 Å². The first-order chi connectivity index (χ1) is 11.5. The highest BCUT2D eigenvalue weighted by molar-refractivity contribution is 9.10. The first-order valence-electron chi connectivity index (χ1n) is 7.71. The van der Waals surface area contributed by atoms with Crippen molar-refractivity contribution in [1.82, 2.24) is 0 Å². The highest BCUT2D eigenvalue weighted by Crippen LogP contribution is 2.51. The van der Waals surface area contributed by atoms with E-state index in [1.807, 2.05) is 12.1 Å². The van der Waals surface area contributed by atoms with Crippen molar-refractivity contribution in [2.24, 2.45) is 5.92 Å². The van der Waals surface area contributed by atoms with E-state index in [9.17, 15) is 14.5 Å². The molecule has 1 aliphatic carbocycles. The van der Waals surface area contributed by atoms with Gasteiger partial charge in [-0.1, -0.05) is 40.2 Å². The van der Waals surface area contributed by atoms with Crippen LogP contribution in [0, 0.1) is 21.8 Å². The van der Waals surface area contributed by atoms with Gasteiger partial charge in [0, 0.05) is 22.5 Å². The van der Waals surface area contributed by atoms with Crippen LogP contribution in [0.15, 0.2) is 53.0 Å². The summed E-state index contributed by atoms with van der Waals surface area (Å²) in [7, 11) is 0. The summed E-state index contributed by atoms with van der Waals surface area (Å²) in [6.07, 6.45) is 5.08. The zero-order valence-corrected chi connectivity index (χ0v) is 14.2. The Labute approximate surface area is 146 Å². The van der Waals surface area contributed by atoms with Crippen LogP contribution in [0.4, 0.5) is 15.8 Å². The molecule has 2 aliphatic rings. The molecule has 0 amide bonds. The van der Waals surface area contributed by atoms with Crippen LogP contribution < -0.4 is 5.32 Å². The molecule has 0 spiro atoms. The van der Waals surface area contributed by atoms with Crippen molar-refractivity contribution in [3.63, 3.8) is 0 Å². The summed E-state index contributed by atoms with van der Waals surface area (Å²) in [6.45, 7) is 0. The fourth-order valence-electron chi connectivity index (χ4n) is 3.78. The molecule has 1 heterocycles. The number of anilines is 1. The number of nitrogens with zero attached hydrogens (tertiary/aromatic N) is 1. The fraction of sp³-hybridized carbons (Fsp3) is 0.222. The number of hydrogen-bond acceptors (Lipinski definition) is 3. The number of rotatable bonds is 2. The standard InChI is InChI=1S/C18H14BrFN2O2/c19-11-8-15-13-5-2-6-14(13)17(21-18(15)16(20)9-11)10-3-1-4-12(7-10)22(23)24/h1-5,7-9,13-14,17,21H,6H2/t13-,14+,17+/m1/s1. The smallest absolute Gasteiger partial charge is 0.269 e. The van der Waals surface area contributed by atoms with E-state index in [2.05, 4.69) is 33.4 Å². The van der Waals surface area contributed by atoms with Crippen molar-refractivity contribution in [2.75, 3.05) is 5.32 Å². The van der Waals surface area contributed by atoms with E-state index < -0.39 is 4.92 Å². The Bertz CT molecular complexity index is 868. The van der Waals surface area contributed by atoms with E-state index in [0.717, 1.165) is 17.5 Å². The summed E-state index contributed by atoms with van der Waals surface area (Å²) >= 11 is 3.36. The van der Waals surface area contributed by atoms with E-state index in [1.165, 1.54) is 12.1 Å². The number of nitro groups is 1. The number of hydrogen-bond donors (Lipinski definition) is 1. The van der Waals surface area contributed by atoms with Crippen molar-refractivity contribution in [2.45, 2.75) is 18.4 Å². The minimum atomic E-state index is -0.400. The van der Waals surface area contributed by atoms with Crippen LogP contribution >= 0.6 is 15.9 Å². The van der Waals surface area contributed by atoms with Crippen molar-refractivity contribution in [3.05, 3.63) is 80.1 Å². The van der Waals surface area contributed by atoms with Crippen molar-refractivity contribution in [3.8, 4) is 0 Å². The Morgan fingerprint density at radius 1 is 1.29 bits per heavy atom. The van der Waals surface area contributed by atoms with Gasteiger partial charge in [-0.25, -0.2) is 4.39 Å². The minimum Gasteiger partial charge on any atom is -0.375 e. The van der Waals surface area contributed by atoms with Crippen LogP contribution in [-0.2, 0) is 0 Å². The Balaban J connectivity index is 1.81. The molecule has 0 saturated carbocycles. The summed E-state index contributed by atoms with van der Waals surface area (Å²) in [5.41, 5.74) is 2.29. The first kappa shape index (κ1) is 15.3. The van der Waals surface area contributed by atoms with Crippen LogP contribution in [0.2, 0.25) is 0 Å². The molecule has 0 bridgehead atoms. The predicted octanol–water partition coefficient (Wildman–Crippen LogP) is 5.32. The summed E-state index contributed by atoms with van der Waals surface area (Å²) in [4.78, 5) is 10.7. The molecular formula is C18H14BrFN2O2. The van der Waals surface area contributed by atoms with Gasteiger partial charge in [0.15, 0.2) is 0 Å². The Morgan fingerprint density at radius 2 is 2.12 bits per heavy atom. The molecule has 0 radical (unpaired) electrons. The molecule has 1 aliphatic heterocycles. The summed E-state index contributed by atoms with van der Waals surface area (Å²) in [5, 5.41) is 14.3. The second-order valence-corrected chi connectivity index (χ2v) is 7.10. The van der Waals surface area contributed by atoms with Crippen molar-refractivity contribution in [1.29, 1.82) is 0 Å². The SMILES string of the molecule is O=[N+]([O-])c1cccc([C@@H]2Nc3c(F)cc(Br)cc3[C@@H]3C=CC[C@@H]32)c1. The largest absolute Gasteiger partial charge is 0.375 e. The normalized spacial score (nSPS) is 24.2. The number of fused-ring (bicyclic) bond motifs is 3. The van der Waals surface area contributed by atoms with Crippen LogP contribution in [0.25, 0.3) is 0 Å². The van der Waals surface area contributed by atoms with Gasteiger partial charge in [0.2, 0.25) is 0 Å². The molecule has 0 saturated heterocycles. The number of allylic oxidation sites excluding steroid dienone is 2. The lowest BCUT2D eigenvalue weighted by molar-refractivity contribution is -0.384. The second kappa shape index (κ2) is 5.70. The third-order valence-electron chi connectivity index (χ3n) is 4.83. The molecule has 6 heteroatoms. The Kier molecular flexibility index (Phi) is 3.64. The maximum Gasteiger partial charge on any atom is 0.269 e. The van der Waals surface area contributed by atoms with Gasteiger partial charge in [-0.3, -0.25) is 10.1 Å². The van der Waals surface area contributed by atoms with Gasteiger partial charge in [0.1, 0.15) is 5.82 Å². The molecule has 4 rings (SSSR count). The molecule has 0 fully saturated rings. The van der Waals surface area contributed by atoms with Gasteiger partial charge >= 0.3 is 0 Å². The molecule has 0 aromatic heterocycles. The zero-order valence-electron chi connectivity index (χ0n) is 12.6. The van der Waals surface area contributed by atoms with E-state index >= 15 is 0 Å². The zero-order chi connectivity index (χ0) is 16.8. The van der Waals surface area contributed by atoms with Gasteiger partial charge in [0.05, 0.1) is 16.7 Å². The first-order valence-corrected chi connectivity index (χ1v) is 8.50. The maximum absolute atomic E-state index is 14.5. The van der Waals surface area contributed by atoms with E-state index in [0.29, 0.717) is 10.2 Å². The molecule has 3 atom stereocenters. The Morgan fingerprint density at radius 3 is 2.92 bits per heavy atom. The molecule has 4 nitrogen and oxygen atoms in total. The highest BCUT2D eigenvalue weighted by Gasteiger charge is 2.39.